The lowest BCUT2D eigenvalue weighted by Crippen LogP contribution is -2.34. The van der Waals surface area contributed by atoms with Gasteiger partial charge < -0.3 is 9.64 Å². The molecule has 31 heavy (non-hydrogen) atoms. The molecule has 7 heteroatoms. The van der Waals surface area contributed by atoms with E-state index in [1.165, 1.54) is 11.8 Å². The van der Waals surface area contributed by atoms with Crippen LogP contribution in [-0.4, -0.2) is 44.5 Å². The summed E-state index contributed by atoms with van der Waals surface area (Å²) in [6.45, 7) is 0.632. The molecule has 6 nitrogen and oxygen atoms in total. The van der Waals surface area contributed by atoms with E-state index in [1.807, 2.05) is 47.4 Å². The average molecular weight is 435 g/mol. The molecule has 1 amide bonds. The van der Waals surface area contributed by atoms with Crippen molar-refractivity contribution in [1.82, 2.24) is 19.7 Å². The maximum absolute atomic E-state index is 13.1. The molecule has 2 aromatic carbocycles. The normalized spacial score (nSPS) is 15.6. The van der Waals surface area contributed by atoms with Gasteiger partial charge >= 0.3 is 0 Å². The van der Waals surface area contributed by atoms with Crippen molar-refractivity contribution in [3.63, 3.8) is 0 Å². The van der Waals surface area contributed by atoms with E-state index in [9.17, 15) is 4.79 Å². The molecule has 0 radical (unpaired) electrons. The largest absolute Gasteiger partial charge is 0.497 e. The van der Waals surface area contributed by atoms with Crippen molar-refractivity contribution in [1.29, 1.82) is 0 Å². The molecule has 2 aliphatic rings. The summed E-state index contributed by atoms with van der Waals surface area (Å²) in [5, 5.41) is 9.70. The molecule has 0 unspecified atom stereocenters. The zero-order valence-electron chi connectivity index (χ0n) is 17.6. The number of rotatable bonds is 9. The quantitative estimate of drug-likeness (QED) is 0.466. The Balaban J connectivity index is 1.30. The molecule has 2 fully saturated rings. The topological polar surface area (TPSA) is 60.2 Å². The summed E-state index contributed by atoms with van der Waals surface area (Å²) in [5.74, 6) is 2.84. The molecule has 5 rings (SSSR count). The Morgan fingerprint density at radius 1 is 1.06 bits per heavy atom. The number of nitrogens with zero attached hydrogens (tertiary/aromatic N) is 4. The van der Waals surface area contributed by atoms with Gasteiger partial charge in [-0.2, -0.15) is 0 Å². The Hall–Kier alpha value is -2.80. The first kappa shape index (κ1) is 20.1. The monoisotopic (exact) mass is 434 g/mol. The van der Waals surface area contributed by atoms with Crippen molar-refractivity contribution in [2.75, 3.05) is 12.9 Å². The first-order valence-electron chi connectivity index (χ1n) is 10.8. The number of amides is 1. The van der Waals surface area contributed by atoms with Crippen molar-refractivity contribution in [2.45, 2.75) is 49.3 Å². The van der Waals surface area contributed by atoms with E-state index in [-0.39, 0.29) is 5.91 Å². The fourth-order valence-electron chi connectivity index (χ4n) is 3.74. The minimum absolute atomic E-state index is 0.152. The van der Waals surface area contributed by atoms with E-state index >= 15 is 0 Å². The zero-order chi connectivity index (χ0) is 21.2. The lowest BCUT2D eigenvalue weighted by atomic mass is 10.2. The minimum Gasteiger partial charge on any atom is -0.497 e. The number of hydrogen-bond donors (Lipinski definition) is 0. The second-order valence-electron chi connectivity index (χ2n) is 8.18. The number of methoxy groups -OCH3 is 1. The van der Waals surface area contributed by atoms with Crippen LogP contribution in [0.2, 0.25) is 0 Å². The third-order valence-corrected chi connectivity index (χ3v) is 6.67. The molecule has 1 heterocycles. The highest BCUT2D eigenvalue weighted by Gasteiger charge is 2.34. The smallest absolute Gasteiger partial charge is 0.233 e. The lowest BCUT2D eigenvalue weighted by Gasteiger charge is -2.22. The molecule has 0 N–H and O–H groups in total. The van der Waals surface area contributed by atoms with Crippen LogP contribution in [0.25, 0.3) is 5.69 Å². The van der Waals surface area contributed by atoms with Crippen LogP contribution in [0.3, 0.4) is 0 Å². The summed E-state index contributed by atoms with van der Waals surface area (Å²) >= 11 is 1.48. The minimum atomic E-state index is 0.152. The molecule has 0 atom stereocenters. The first-order chi connectivity index (χ1) is 15.2. The average Bonchev–Trinajstić information content (AvgIpc) is 3.75. The number of benzene rings is 2. The Kier molecular flexibility index (Phi) is 5.68. The molecule has 0 aliphatic heterocycles. The van der Waals surface area contributed by atoms with Gasteiger partial charge in [-0.05, 0) is 55.5 Å². The van der Waals surface area contributed by atoms with Crippen molar-refractivity contribution in [2.24, 2.45) is 0 Å². The first-order valence-corrected chi connectivity index (χ1v) is 11.8. The van der Waals surface area contributed by atoms with Crippen molar-refractivity contribution in [3.8, 4) is 11.4 Å². The molecule has 2 saturated carbocycles. The van der Waals surface area contributed by atoms with Gasteiger partial charge in [-0.1, -0.05) is 42.1 Å². The van der Waals surface area contributed by atoms with Crippen LogP contribution in [0.4, 0.5) is 0 Å². The molecule has 0 saturated heterocycles. The maximum atomic E-state index is 13.1. The van der Waals surface area contributed by atoms with Crippen molar-refractivity contribution < 1.29 is 9.53 Å². The van der Waals surface area contributed by atoms with E-state index in [1.54, 1.807) is 7.11 Å². The number of ether oxygens (including phenoxy) is 1. The van der Waals surface area contributed by atoms with E-state index in [0.717, 1.165) is 53.7 Å². The number of para-hydroxylation sites is 1. The van der Waals surface area contributed by atoms with Crippen LogP contribution in [0.15, 0.2) is 59.8 Å². The summed E-state index contributed by atoms with van der Waals surface area (Å²) in [5.41, 5.74) is 2.18. The highest BCUT2D eigenvalue weighted by molar-refractivity contribution is 7.99. The highest BCUT2D eigenvalue weighted by Crippen LogP contribution is 2.41. The van der Waals surface area contributed by atoms with Gasteiger partial charge in [0.05, 0.1) is 12.9 Å². The number of carbonyl (C=O) groups excluding carboxylic acids is 1. The zero-order valence-corrected chi connectivity index (χ0v) is 18.4. The van der Waals surface area contributed by atoms with Crippen LogP contribution in [-0.2, 0) is 11.3 Å². The maximum Gasteiger partial charge on any atom is 0.233 e. The van der Waals surface area contributed by atoms with Crippen LogP contribution in [0.1, 0.15) is 43.0 Å². The third-order valence-electron chi connectivity index (χ3n) is 5.76. The van der Waals surface area contributed by atoms with Gasteiger partial charge in [-0.3, -0.25) is 9.36 Å². The van der Waals surface area contributed by atoms with Crippen LogP contribution < -0.4 is 4.74 Å². The van der Waals surface area contributed by atoms with E-state index in [0.29, 0.717) is 24.3 Å². The molecule has 160 valence electrons. The summed E-state index contributed by atoms with van der Waals surface area (Å²) in [6.07, 6.45) is 4.48. The molecule has 0 spiro atoms. The highest BCUT2D eigenvalue weighted by atomic mass is 32.2. The Morgan fingerprint density at radius 2 is 1.81 bits per heavy atom. The van der Waals surface area contributed by atoms with Crippen LogP contribution in [0.5, 0.6) is 5.75 Å². The number of hydrogen-bond acceptors (Lipinski definition) is 5. The predicted octanol–water partition coefficient (Wildman–Crippen LogP) is 4.44. The lowest BCUT2D eigenvalue weighted by molar-refractivity contribution is -0.129. The third kappa shape index (κ3) is 4.61. The van der Waals surface area contributed by atoms with E-state index < -0.39 is 0 Å². The van der Waals surface area contributed by atoms with Crippen LogP contribution in [0, 0.1) is 0 Å². The predicted molar refractivity (Wildman–Crippen MR) is 121 cm³/mol. The molecular formula is C24H26N4O2S. The number of aromatic nitrogens is 3. The van der Waals surface area contributed by atoms with E-state index in [2.05, 4.69) is 26.9 Å². The second kappa shape index (κ2) is 8.75. The molecule has 1 aromatic heterocycles. The number of carbonyl (C=O) groups is 1. The van der Waals surface area contributed by atoms with E-state index in [4.69, 9.17) is 4.74 Å². The summed E-state index contributed by atoms with van der Waals surface area (Å²) in [7, 11) is 1.66. The number of thioether (sulfide) groups is 1. The van der Waals surface area contributed by atoms with Gasteiger partial charge in [-0.15, -0.1) is 10.2 Å². The Labute approximate surface area is 186 Å². The Bertz CT molecular complexity index is 1040. The van der Waals surface area contributed by atoms with Gasteiger partial charge in [-0.25, -0.2) is 0 Å². The molecule has 2 aliphatic carbocycles. The molecule has 3 aromatic rings. The van der Waals surface area contributed by atoms with Gasteiger partial charge in [0.2, 0.25) is 5.91 Å². The summed E-state index contributed by atoms with van der Waals surface area (Å²) < 4.78 is 7.37. The second-order valence-corrected chi connectivity index (χ2v) is 9.12. The van der Waals surface area contributed by atoms with Gasteiger partial charge in [0.25, 0.3) is 0 Å². The van der Waals surface area contributed by atoms with Gasteiger partial charge in [0, 0.05) is 24.2 Å². The van der Waals surface area contributed by atoms with Gasteiger partial charge in [0.15, 0.2) is 5.16 Å². The fourth-order valence-corrected chi connectivity index (χ4v) is 4.59. The van der Waals surface area contributed by atoms with Gasteiger partial charge in [0.1, 0.15) is 11.6 Å². The standard InChI is InChI=1S/C24H26N4O2S/c1-30-21-13-7-17(8-14-21)15-27(19-11-12-19)22(29)16-31-24-26-25-23(18-9-10-18)28(24)20-5-3-2-4-6-20/h2-8,13-14,18-19H,9-12,15-16H2,1H3. The van der Waals surface area contributed by atoms with Crippen molar-refractivity contribution in [3.05, 3.63) is 66.0 Å². The summed E-state index contributed by atoms with van der Waals surface area (Å²) in [6, 6.07) is 18.5. The summed E-state index contributed by atoms with van der Waals surface area (Å²) in [4.78, 5) is 15.2. The molecule has 0 bridgehead atoms. The SMILES string of the molecule is COc1ccc(CN(C(=O)CSc2nnc(C3CC3)n2-c2ccccc2)C2CC2)cc1. The van der Waals surface area contributed by atoms with Crippen molar-refractivity contribution >= 4 is 17.7 Å². The molecular weight excluding hydrogens is 408 g/mol. The fraction of sp³-hybridized carbons (Fsp3) is 0.375. The Morgan fingerprint density at radius 3 is 2.45 bits per heavy atom. The van der Waals surface area contributed by atoms with Crippen LogP contribution >= 0.6 is 11.8 Å².